The van der Waals surface area contributed by atoms with Crippen LogP contribution in [0.4, 0.5) is 0 Å². The second kappa shape index (κ2) is 5.43. The van der Waals surface area contributed by atoms with Crippen molar-refractivity contribution in [1.29, 1.82) is 0 Å². The second-order valence-corrected chi connectivity index (χ2v) is 6.00. The average Bonchev–Trinajstić information content (AvgIpc) is 2.68. The van der Waals surface area contributed by atoms with E-state index in [0.29, 0.717) is 0 Å². The van der Waals surface area contributed by atoms with Gasteiger partial charge in [0.05, 0.1) is 5.69 Å². The molecule has 1 aromatic heterocycles. The third-order valence-electron chi connectivity index (χ3n) is 4.38. The van der Waals surface area contributed by atoms with Crippen LogP contribution < -0.4 is 5.73 Å². The minimum Gasteiger partial charge on any atom is -0.325 e. The predicted octanol–water partition coefficient (Wildman–Crippen LogP) is 3.05. The fraction of sp³-hybridized carbons (Fsp3) is 0.800. The summed E-state index contributed by atoms with van der Waals surface area (Å²) in [5.41, 5.74) is 9.07. The minimum absolute atomic E-state index is 0.00167. The van der Waals surface area contributed by atoms with Crippen molar-refractivity contribution < 1.29 is 0 Å². The van der Waals surface area contributed by atoms with E-state index in [2.05, 4.69) is 36.6 Å². The summed E-state index contributed by atoms with van der Waals surface area (Å²) < 4.78 is 2.11. The minimum atomic E-state index is -0.00167. The van der Waals surface area contributed by atoms with Crippen molar-refractivity contribution >= 4 is 0 Å². The molecular weight excluding hydrogens is 222 g/mol. The number of rotatable bonds is 4. The molecule has 1 aliphatic rings. The van der Waals surface area contributed by atoms with Crippen LogP contribution in [0.1, 0.15) is 57.3 Å². The van der Waals surface area contributed by atoms with Gasteiger partial charge >= 0.3 is 0 Å². The Bertz CT molecular complexity index is 396. The van der Waals surface area contributed by atoms with Gasteiger partial charge in [-0.05, 0) is 38.7 Å². The van der Waals surface area contributed by atoms with E-state index in [4.69, 9.17) is 5.73 Å². The molecule has 18 heavy (non-hydrogen) atoms. The van der Waals surface area contributed by atoms with Crippen molar-refractivity contribution in [3.8, 4) is 0 Å². The lowest BCUT2D eigenvalue weighted by Gasteiger charge is -2.38. The maximum atomic E-state index is 6.65. The quantitative estimate of drug-likeness (QED) is 0.891. The zero-order valence-corrected chi connectivity index (χ0v) is 12.1. The summed E-state index contributed by atoms with van der Waals surface area (Å²) in [6.45, 7) is 7.44. The highest BCUT2D eigenvalue weighted by atomic mass is 15.3. The molecule has 1 fully saturated rings. The summed E-state index contributed by atoms with van der Waals surface area (Å²) in [5.74, 6) is 0.822. The maximum Gasteiger partial charge on any atom is 0.0596 e. The van der Waals surface area contributed by atoms with Crippen LogP contribution in [0.15, 0.2) is 6.07 Å². The van der Waals surface area contributed by atoms with Crippen LogP contribution in [0.3, 0.4) is 0 Å². The standard InChI is InChI=1S/C15H27N3/c1-4-13-7-6-8-15(16,10-13)11-14-9-12(3)17-18(14)5-2/h9,13H,4-8,10-11,16H2,1-3H3. The zero-order valence-electron chi connectivity index (χ0n) is 12.1. The Morgan fingerprint density at radius 2 is 2.28 bits per heavy atom. The fourth-order valence-corrected chi connectivity index (χ4v) is 3.41. The van der Waals surface area contributed by atoms with Crippen LogP contribution in [-0.2, 0) is 13.0 Å². The van der Waals surface area contributed by atoms with Gasteiger partial charge in [0.2, 0.25) is 0 Å². The van der Waals surface area contributed by atoms with E-state index in [1.54, 1.807) is 0 Å². The Morgan fingerprint density at radius 1 is 1.50 bits per heavy atom. The third kappa shape index (κ3) is 2.94. The van der Waals surface area contributed by atoms with Crippen molar-refractivity contribution in [1.82, 2.24) is 9.78 Å². The SMILES string of the molecule is CCC1CCCC(N)(Cc2cc(C)nn2CC)C1. The number of hydrogen-bond acceptors (Lipinski definition) is 2. The molecule has 0 aliphatic heterocycles. The second-order valence-electron chi connectivity index (χ2n) is 6.00. The molecule has 0 aromatic carbocycles. The smallest absolute Gasteiger partial charge is 0.0596 e. The zero-order chi connectivity index (χ0) is 13.2. The maximum absolute atomic E-state index is 6.65. The first kappa shape index (κ1) is 13.6. The van der Waals surface area contributed by atoms with Gasteiger partial charge in [0.15, 0.2) is 0 Å². The van der Waals surface area contributed by atoms with E-state index < -0.39 is 0 Å². The van der Waals surface area contributed by atoms with Gasteiger partial charge in [-0.25, -0.2) is 0 Å². The van der Waals surface area contributed by atoms with Gasteiger partial charge in [0.25, 0.3) is 0 Å². The van der Waals surface area contributed by atoms with Crippen LogP contribution in [0.5, 0.6) is 0 Å². The molecule has 3 nitrogen and oxygen atoms in total. The molecule has 2 unspecified atom stereocenters. The Hall–Kier alpha value is -0.830. The topological polar surface area (TPSA) is 43.8 Å². The van der Waals surface area contributed by atoms with Crippen molar-refractivity contribution in [2.45, 2.75) is 71.4 Å². The first-order chi connectivity index (χ1) is 8.56. The van der Waals surface area contributed by atoms with E-state index >= 15 is 0 Å². The summed E-state index contributed by atoms with van der Waals surface area (Å²) in [6, 6.07) is 2.20. The largest absolute Gasteiger partial charge is 0.325 e. The Morgan fingerprint density at radius 3 is 2.94 bits per heavy atom. The molecule has 1 saturated carbocycles. The summed E-state index contributed by atoms with van der Waals surface area (Å²) in [4.78, 5) is 0. The summed E-state index contributed by atoms with van der Waals surface area (Å²) in [5, 5.41) is 4.53. The lowest BCUT2D eigenvalue weighted by Crippen LogP contribution is -2.46. The van der Waals surface area contributed by atoms with Gasteiger partial charge in [-0.15, -0.1) is 0 Å². The van der Waals surface area contributed by atoms with Crippen LogP contribution in [-0.4, -0.2) is 15.3 Å². The Labute approximate surface area is 111 Å². The van der Waals surface area contributed by atoms with Gasteiger partial charge in [-0.2, -0.15) is 5.10 Å². The molecule has 2 atom stereocenters. The molecule has 1 heterocycles. The highest BCUT2D eigenvalue weighted by Crippen LogP contribution is 2.34. The van der Waals surface area contributed by atoms with E-state index in [-0.39, 0.29) is 5.54 Å². The van der Waals surface area contributed by atoms with E-state index in [1.807, 2.05) is 0 Å². The van der Waals surface area contributed by atoms with Crippen molar-refractivity contribution in [3.63, 3.8) is 0 Å². The molecule has 0 radical (unpaired) electrons. The average molecular weight is 249 g/mol. The molecule has 1 aliphatic carbocycles. The van der Waals surface area contributed by atoms with Crippen LogP contribution in [0.2, 0.25) is 0 Å². The molecular formula is C15H27N3. The Balaban J connectivity index is 2.11. The van der Waals surface area contributed by atoms with Crippen LogP contribution in [0, 0.1) is 12.8 Å². The predicted molar refractivity (Wildman–Crippen MR) is 75.5 cm³/mol. The number of nitrogens with two attached hydrogens (primary N) is 1. The van der Waals surface area contributed by atoms with E-state index in [9.17, 15) is 0 Å². The highest BCUT2D eigenvalue weighted by molar-refractivity contribution is 5.13. The van der Waals surface area contributed by atoms with E-state index in [1.165, 1.54) is 31.4 Å². The molecule has 0 spiro atoms. The number of hydrogen-bond donors (Lipinski definition) is 1. The van der Waals surface area contributed by atoms with Crippen molar-refractivity contribution in [3.05, 3.63) is 17.5 Å². The molecule has 0 bridgehead atoms. The lowest BCUT2D eigenvalue weighted by atomic mass is 9.73. The summed E-state index contributed by atoms with van der Waals surface area (Å²) in [7, 11) is 0. The highest BCUT2D eigenvalue weighted by Gasteiger charge is 2.33. The fourth-order valence-electron chi connectivity index (χ4n) is 3.41. The van der Waals surface area contributed by atoms with Gasteiger partial charge in [0, 0.05) is 24.2 Å². The van der Waals surface area contributed by atoms with E-state index in [0.717, 1.165) is 31.0 Å². The van der Waals surface area contributed by atoms with Gasteiger partial charge in [-0.3, -0.25) is 4.68 Å². The molecule has 3 heteroatoms. The summed E-state index contributed by atoms with van der Waals surface area (Å²) in [6.07, 6.45) is 7.24. The monoisotopic (exact) mass is 249 g/mol. The number of aromatic nitrogens is 2. The van der Waals surface area contributed by atoms with Crippen LogP contribution >= 0.6 is 0 Å². The summed E-state index contributed by atoms with van der Waals surface area (Å²) >= 11 is 0. The van der Waals surface area contributed by atoms with Crippen molar-refractivity contribution in [2.75, 3.05) is 0 Å². The first-order valence-electron chi connectivity index (χ1n) is 7.38. The Kier molecular flexibility index (Phi) is 4.10. The van der Waals surface area contributed by atoms with Gasteiger partial charge in [0.1, 0.15) is 0 Å². The molecule has 2 rings (SSSR count). The molecule has 2 N–H and O–H groups in total. The number of aryl methyl sites for hydroxylation is 2. The molecule has 102 valence electrons. The van der Waals surface area contributed by atoms with Gasteiger partial charge in [-0.1, -0.05) is 26.2 Å². The van der Waals surface area contributed by atoms with Crippen LogP contribution in [0.25, 0.3) is 0 Å². The molecule has 0 amide bonds. The normalized spacial score (nSPS) is 28.6. The third-order valence-corrected chi connectivity index (χ3v) is 4.38. The van der Waals surface area contributed by atoms with Gasteiger partial charge < -0.3 is 5.73 Å². The molecule has 0 saturated heterocycles. The lowest BCUT2D eigenvalue weighted by molar-refractivity contribution is 0.215. The first-order valence-corrected chi connectivity index (χ1v) is 7.38. The number of nitrogens with zero attached hydrogens (tertiary/aromatic N) is 2. The molecule has 1 aromatic rings. The van der Waals surface area contributed by atoms with Crippen molar-refractivity contribution in [2.24, 2.45) is 11.7 Å².